The number of benzene rings is 2. The van der Waals surface area contributed by atoms with Crippen molar-refractivity contribution in [2.75, 3.05) is 0 Å². The van der Waals surface area contributed by atoms with E-state index in [9.17, 15) is 8.42 Å². The Balaban J connectivity index is 1.96. The highest BCUT2D eigenvalue weighted by atomic mass is 32.2. The Morgan fingerprint density at radius 2 is 1.00 bits per heavy atom. The second-order valence-corrected chi connectivity index (χ2v) is 23.8. The summed E-state index contributed by atoms with van der Waals surface area (Å²) < 4.78 is 39.9. The first-order chi connectivity index (χ1) is 15.7. The highest BCUT2D eigenvalue weighted by Gasteiger charge is 2.41. The molecule has 2 aromatic rings. The number of hydrogen-bond acceptors (Lipinski definition) is 4. The van der Waals surface area contributed by atoms with E-state index in [0.29, 0.717) is 33.8 Å². The van der Waals surface area contributed by atoms with Gasteiger partial charge in [-0.25, -0.2) is 8.42 Å². The van der Waals surface area contributed by atoms with Crippen molar-refractivity contribution in [3.63, 3.8) is 0 Å². The van der Waals surface area contributed by atoms with E-state index in [0.717, 1.165) is 0 Å². The van der Waals surface area contributed by atoms with E-state index < -0.39 is 26.5 Å². The number of rotatable bonds is 6. The Hall–Kier alpha value is -2.10. The van der Waals surface area contributed by atoms with Crippen LogP contribution in [0, 0.1) is 0 Å². The minimum atomic E-state index is -3.69. The first-order valence-electron chi connectivity index (χ1n) is 12.0. The molecule has 1 aliphatic rings. The topological polar surface area (TPSA) is 52.6 Å². The largest absolute Gasteiger partial charge is 0.543 e. The summed E-state index contributed by atoms with van der Waals surface area (Å²) in [6, 6.07) is 10.9. The maximum Gasteiger partial charge on any atom is 0.250 e. The summed E-state index contributed by atoms with van der Waals surface area (Å²) in [7, 11) is -7.89. The zero-order valence-electron chi connectivity index (χ0n) is 22.9. The standard InChI is InChI=1S/C28H40O4SSi2/c1-19(31-34(9,10)27(3,4)5)21-13-15-23-24-16-14-22(18-26(24)33(29,30)25(23)17-21)20(2)32-35(11,12)28(6,7)8/h13-18H,1-2H2,3-12H3. The fourth-order valence-corrected chi connectivity index (χ4v) is 7.26. The second kappa shape index (κ2) is 8.49. The molecule has 1 heterocycles. The quantitative estimate of drug-likeness (QED) is 0.238. The van der Waals surface area contributed by atoms with Crippen LogP contribution in [-0.2, 0) is 18.7 Å². The molecule has 0 radical (unpaired) electrons. The number of fused-ring (bicyclic) bond motifs is 3. The highest BCUT2D eigenvalue weighted by molar-refractivity contribution is 7.92. The van der Waals surface area contributed by atoms with Crippen molar-refractivity contribution in [3.05, 3.63) is 60.7 Å². The van der Waals surface area contributed by atoms with Gasteiger partial charge in [-0.3, -0.25) is 0 Å². The van der Waals surface area contributed by atoms with E-state index in [4.69, 9.17) is 8.85 Å². The van der Waals surface area contributed by atoms with Gasteiger partial charge in [0.25, 0.3) is 0 Å². The van der Waals surface area contributed by atoms with Crippen LogP contribution >= 0.6 is 0 Å². The molecule has 0 saturated carbocycles. The lowest BCUT2D eigenvalue weighted by Crippen LogP contribution is -2.40. The first-order valence-corrected chi connectivity index (χ1v) is 19.3. The first kappa shape index (κ1) is 27.5. The Bertz CT molecular complexity index is 1210. The molecule has 0 saturated heterocycles. The Morgan fingerprint density at radius 3 is 1.29 bits per heavy atom. The SMILES string of the molecule is C=C(O[Si](C)(C)C(C)(C)C)c1ccc2c(c1)S(=O)(=O)c1cc(C(=C)O[Si](C)(C)C(C)(C)C)ccc1-2. The molecule has 0 spiro atoms. The van der Waals surface area contributed by atoms with Crippen LogP contribution in [0.4, 0.5) is 0 Å². The third kappa shape index (κ3) is 4.95. The zero-order chi connectivity index (χ0) is 26.8. The molecule has 190 valence electrons. The van der Waals surface area contributed by atoms with Crippen molar-refractivity contribution in [2.45, 2.75) is 87.6 Å². The van der Waals surface area contributed by atoms with Crippen LogP contribution in [0.2, 0.25) is 36.3 Å². The van der Waals surface area contributed by atoms with Crippen LogP contribution in [-0.4, -0.2) is 25.1 Å². The summed E-state index contributed by atoms with van der Waals surface area (Å²) in [5.74, 6) is 1.03. The van der Waals surface area contributed by atoms with Gasteiger partial charge < -0.3 is 8.85 Å². The molecule has 0 N–H and O–H groups in total. The third-order valence-electron chi connectivity index (χ3n) is 7.85. The molecule has 0 amide bonds. The fraction of sp³-hybridized carbons (Fsp3) is 0.429. The van der Waals surface area contributed by atoms with Crippen molar-refractivity contribution in [1.29, 1.82) is 0 Å². The van der Waals surface area contributed by atoms with E-state index >= 15 is 0 Å². The average Bonchev–Trinajstić information content (AvgIpc) is 2.92. The molecular formula is C28H40O4SSi2. The summed E-state index contributed by atoms with van der Waals surface area (Å²) in [6.07, 6.45) is 0. The molecule has 0 atom stereocenters. The van der Waals surface area contributed by atoms with Crippen molar-refractivity contribution in [2.24, 2.45) is 0 Å². The van der Waals surface area contributed by atoms with Crippen LogP contribution in [0.3, 0.4) is 0 Å². The van der Waals surface area contributed by atoms with Gasteiger partial charge in [0, 0.05) is 22.3 Å². The van der Waals surface area contributed by atoms with Crippen LogP contribution in [0.15, 0.2) is 59.3 Å². The zero-order valence-corrected chi connectivity index (χ0v) is 25.7. The molecule has 0 aliphatic carbocycles. The molecule has 4 nitrogen and oxygen atoms in total. The maximum atomic E-state index is 13.6. The molecule has 0 aromatic heterocycles. The van der Waals surface area contributed by atoms with Gasteiger partial charge in [0.15, 0.2) is 0 Å². The lowest BCUT2D eigenvalue weighted by Gasteiger charge is -2.37. The fourth-order valence-electron chi connectivity index (χ4n) is 3.44. The molecule has 0 bridgehead atoms. The van der Waals surface area contributed by atoms with Gasteiger partial charge >= 0.3 is 0 Å². The molecule has 0 fully saturated rings. The Labute approximate surface area is 214 Å². The van der Waals surface area contributed by atoms with Gasteiger partial charge in [-0.2, -0.15) is 0 Å². The third-order valence-corrected chi connectivity index (χ3v) is 18.4. The van der Waals surface area contributed by atoms with Gasteiger partial charge in [0.1, 0.15) is 11.5 Å². The predicted octanol–water partition coefficient (Wildman–Crippen LogP) is 8.48. The molecule has 1 aliphatic heterocycles. The minimum Gasteiger partial charge on any atom is -0.543 e. The lowest BCUT2D eigenvalue weighted by molar-refractivity contribution is 0.459. The van der Waals surface area contributed by atoms with E-state index in [2.05, 4.69) is 80.9 Å². The van der Waals surface area contributed by atoms with Crippen molar-refractivity contribution < 1.29 is 17.3 Å². The lowest BCUT2D eigenvalue weighted by atomic mass is 10.0. The molecule has 7 heteroatoms. The predicted molar refractivity (Wildman–Crippen MR) is 152 cm³/mol. The average molecular weight is 529 g/mol. The summed E-state index contributed by atoms with van der Waals surface area (Å²) in [5, 5.41) is 0.0283. The number of sulfone groups is 1. The van der Waals surface area contributed by atoms with Crippen LogP contribution in [0.25, 0.3) is 22.6 Å². The molecule has 3 rings (SSSR count). The molecule has 35 heavy (non-hydrogen) atoms. The van der Waals surface area contributed by atoms with Crippen molar-refractivity contribution in [3.8, 4) is 11.1 Å². The van der Waals surface area contributed by atoms with Gasteiger partial charge in [0.05, 0.1) is 9.79 Å². The molecule has 2 aromatic carbocycles. The second-order valence-electron chi connectivity index (χ2n) is 12.5. The maximum absolute atomic E-state index is 13.6. The van der Waals surface area contributed by atoms with E-state index in [1.165, 1.54) is 0 Å². The summed E-state index contributed by atoms with van der Waals surface area (Å²) in [4.78, 5) is 0.580. The summed E-state index contributed by atoms with van der Waals surface area (Å²) in [5.41, 5.74) is 2.78. The van der Waals surface area contributed by atoms with E-state index in [1.807, 2.05) is 24.3 Å². The smallest absolute Gasteiger partial charge is 0.250 e. The van der Waals surface area contributed by atoms with Crippen LogP contribution in [0.5, 0.6) is 0 Å². The van der Waals surface area contributed by atoms with Gasteiger partial charge in [-0.05, 0) is 48.4 Å². The van der Waals surface area contributed by atoms with Gasteiger partial charge in [-0.1, -0.05) is 79.0 Å². The number of hydrogen-bond donors (Lipinski definition) is 0. The summed E-state index contributed by atoms with van der Waals surface area (Å²) in [6.45, 7) is 29.8. The monoisotopic (exact) mass is 528 g/mol. The Morgan fingerprint density at radius 1 is 0.686 bits per heavy atom. The van der Waals surface area contributed by atoms with E-state index in [1.54, 1.807) is 12.1 Å². The van der Waals surface area contributed by atoms with E-state index in [-0.39, 0.29) is 19.9 Å². The van der Waals surface area contributed by atoms with Crippen LogP contribution in [0.1, 0.15) is 52.7 Å². The highest BCUT2D eigenvalue weighted by Crippen LogP contribution is 2.46. The van der Waals surface area contributed by atoms with Crippen molar-refractivity contribution >= 4 is 38.0 Å². The van der Waals surface area contributed by atoms with Gasteiger partial charge in [0.2, 0.25) is 26.5 Å². The molecular weight excluding hydrogens is 489 g/mol. The Kier molecular flexibility index (Phi) is 6.67. The summed E-state index contributed by atoms with van der Waals surface area (Å²) >= 11 is 0. The van der Waals surface area contributed by atoms with Crippen molar-refractivity contribution in [1.82, 2.24) is 0 Å². The van der Waals surface area contributed by atoms with Crippen LogP contribution < -0.4 is 0 Å². The normalized spacial score (nSPS) is 15.3. The van der Waals surface area contributed by atoms with Gasteiger partial charge in [-0.15, -0.1) is 0 Å². The minimum absolute atomic E-state index is 0.0141. The molecule has 0 unspecified atom stereocenters.